The van der Waals surface area contributed by atoms with E-state index in [9.17, 15) is 13.2 Å². The van der Waals surface area contributed by atoms with Crippen molar-refractivity contribution in [2.45, 2.75) is 12.6 Å². The number of rotatable bonds is 7. The molecule has 27 heavy (non-hydrogen) atoms. The van der Waals surface area contributed by atoms with Gasteiger partial charge in [0.2, 0.25) is 5.95 Å². The van der Waals surface area contributed by atoms with E-state index >= 15 is 0 Å². The van der Waals surface area contributed by atoms with Gasteiger partial charge in [-0.25, -0.2) is 4.98 Å². The maximum Gasteiger partial charge on any atom is 0.416 e. The quantitative estimate of drug-likeness (QED) is 0.587. The van der Waals surface area contributed by atoms with Crippen molar-refractivity contribution in [2.24, 2.45) is 0 Å². The fraction of sp³-hybridized carbons (Fsp3) is 0.263. The molecule has 142 valence electrons. The first-order chi connectivity index (χ1) is 13.0. The van der Waals surface area contributed by atoms with E-state index in [4.69, 9.17) is 5.11 Å². The van der Waals surface area contributed by atoms with Crippen LogP contribution < -0.4 is 10.6 Å². The van der Waals surface area contributed by atoms with Crippen molar-refractivity contribution in [3.8, 4) is 0 Å². The molecule has 8 heteroatoms. The molecule has 0 bridgehead atoms. The Labute approximate surface area is 154 Å². The molecule has 3 aromatic rings. The van der Waals surface area contributed by atoms with Gasteiger partial charge in [0, 0.05) is 18.5 Å². The normalized spacial score (nSPS) is 11.6. The first-order valence-corrected chi connectivity index (χ1v) is 8.49. The Morgan fingerprint density at radius 3 is 2.33 bits per heavy atom. The highest BCUT2D eigenvalue weighted by Gasteiger charge is 2.29. The topological polar surface area (TPSA) is 70.1 Å². The van der Waals surface area contributed by atoms with Gasteiger partial charge in [0.1, 0.15) is 5.82 Å². The average molecular weight is 376 g/mol. The number of para-hydroxylation sites is 1. The Hall–Kier alpha value is -2.87. The molecule has 3 N–H and O–H groups in total. The summed E-state index contributed by atoms with van der Waals surface area (Å²) >= 11 is 0. The predicted octanol–water partition coefficient (Wildman–Crippen LogP) is 3.71. The molecule has 0 saturated carbocycles. The van der Waals surface area contributed by atoms with Gasteiger partial charge in [-0.1, -0.05) is 24.3 Å². The Bertz CT molecular complexity index is 898. The summed E-state index contributed by atoms with van der Waals surface area (Å²) in [5, 5.41) is 16.0. The Morgan fingerprint density at radius 2 is 1.63 bits per heavy atom. The fourth-order valence-corrected chi connectivity index (χ4v) is 2.64. The smallest absolute Gasteiger partial charge is 0.395 e. The second-order valence-corrected chi connectivity index (χ2v) is 5.93. The molecule has 3 rings (SSSR count). The van der Waals surface area contributed by atoms with Gasteiger partial charge in [0.25, 0.3) is 0 Å². The third kappa shape index (κ3) is 4.85. The molecule has 0 aliphatic heterocycles. The van der Waals surface area contributed by atoms with Gasteiger partial charge < -0.3 is 15.7 Å². The molecule has 0 saturated heterocycles. The zero-order valence-electron chi connectivity index (χ0n) is 14.4. The van der Waals surface area contributed by atoms with Crippen LogP contribution in [0.1, 0.15) is 11.1 Å². The lowest BCUT2D eigenvalue weighted by Crippen LogP contribution is -2.12. The van der Waals surface area contributed by atoms with Crippen molar-refractivity contribution in [3.05, 3.63) is 59.7 Å². The molecular formula is C19H19F3N4O. The van der Waals surface area contributed by atoms with E-state index in [-0.39, 0.29) is 6.61 Å². The number of alkyl halides is 3. The van der Waals surface area contributed by atoms with Gasteiger partial charge in [0.05, 0.1) is 17.7 Å². The number of anilines is 2. The minimum atomic E-state index is -4.33. The molecule has 1 aromatic heterocycles. The Kier molecular flexibility index (Phi) is 5.75. The summed E-state index contributed by atoms with van der Waals surface area (Å²) in [5.74, 6) is 1.03. The molecule has 0 spiro atoms. The SMILES string of the molecule is OCCNc1nc(NCCc2ccc(C(F)(F)F)cc2)nc2ccccc12. The number of hydrogen-bond donors (Lipinski definition) is 3. The van der Waals surface area contributed by atoms with Crippen LogP contribution in [-0.2, 0) is 12.6 Å². The fourth-order valence-electron chi connectivity index (χ4n) is 2.64. The molecule has 5 nitrogen and oxygen atoms in total. The van der Waals surface area contributed by atoms with Crippen molar-refractivity contribution < 1.29 is 18.3 Å². The summed E-state index contributed by atoms with van der Waals surface area (Å²) < 4.78 is 37.8. The number of benzene rings is 2. The second kappa shape index (κ2) is 8.22. The number of halogens is 3. The second-order valence-electron chi connectivity index (χ2n) is 5.93. The summed E-state index contributed by atoms with van der Waals surface area (Å²) in [7, 11) is 0. The highest BCUT2D eigenvalue weighted by atomic mass is 19.4. The average Bonchev–Trinajstić information content (AvgIpc) is 2.66. The largest absolute Gasteiger partial charge is 0.416 e. The highest BCUT2D eigenvalue weighted by molar-refractivity contribution is 5.89. The monoisotopic (exact) mass is 376 g/mol. The van der Waals surface area contributed by atoms with Gasteiger partial charge in [-0.2, -0.15) is 18.2 Å². The predicted molar refractivity (Wildman–Crippen MR) is 98.8 cm³/mol. The molecule has 0 amide bonds. The van der Waals surface area contributed by atoms with Gasteiger partial charge >= 0.3 is 6.18 Å². The van der Waals surface area contributed by atoms with Crippen molar-refractivity contribution in [2.75, 3.05) is 30.3 Å². The van der Waals surface area contributed by atoms with Crippen LogP contribution in [-0.4, -0.2) is 34.8 Å². The van der Waals surface area contributed by atoms with Crippen molar-refractivity contribution in [1.29, 1.82) is 0 Å². The Balaban J connectivity index is 1.68. The summed E-state index contributed by atoms with van der Waals surface area (Å²) in [6, 6.07) is 12.6. The van der Waals surface area contributed by atoms with E-state index in [0.717, 1.165) is 28.6 Å². The number of nitrogens with zero attached hydrogens (tertiary/aromatic N) is 2. The van der Waals surface area contributed by atoms with Crippen molar-refractivity contribution in [3.63, 3.8) is 0 Å². The number of nitrogens with one attached hydrogen (secondary N) is 2. The first-order valence-electron chi connectivity index (χ1n) is 8.49. The number of hydrogen-bond acceptors (Lipinski definition) is 5. The van der Waals surface area contributed by atoms with Gasteiger partial charge in [0.15, 0.2) is 0 Å². The summed E-state index contributed by atoms with van der Waals surface area (Å²) in [6.45, 7) is 0.824. The summed E-state index contributed by atoms with van der Waals surface area (Å²) in [5.41, 5.74) is 0.886. The third-order valence-electron chi connectivity index (χ3n) is 3.99. The summed E-state index contributed by atoms with van der Waals surface area (Å²) in [4.78, 5) is 8.87. The first kappa shape index (κ1) is 18.9. The molecule has 0 aliphatic carbocycles. The van der Waals surface area contributed by atoms with E-state index in [1.165, 1.54) is 12.1 Å². The van der Waals surface area contributed by atoms with Crippen LogP contribution in [0.15, 0.2) is 48.5 Å². The lowest BCUT2D eigenvalue weighted by molar-refractivity contribution is -0.137. The van der Waals surface area contributed by atoms with Crippen LogP contribution >= 0.6 is 0 Å². The maximum atomic E-state index is 12.6. The highest BCUT2D eigenvalue weighted by Crippen LogP contribution is 2.29. The van der Waals surface area contributed by atoms with Gasteiger partial charge in [-0.15, -0.1) is 0 Å². The molecule has 0 radical (unpaired) electrons. The van der Waals surface area contributed by atoms with Gasteiger partial charge in [-0.05, 0) is 36.2 Å². The van der Waals surface area contributed by atoms with Crippen LogP contribution in [0.25, 0.3) is 10.9 Å². The summed E-state index contributed by atoms with van der Waals surface area (Å²) in [6.07, 6.45) is -3.79. The number of aliphatic hydroxyl groups is 1. The van der Waals surface area contributed by atoms with Crippen molar-refractivity contribution in [1.82, 2.24) is 9.97 Å². The molecular weight excluding hydrogens is 357 g/mol. The van der Waals surface area contributed by atoms with E-state index in [0.29, 0.717) is 31.3 Å². The standard InChI is InChI=1S/C19H19F3N4O/c20-19(21,22)14-7-5-13(6-8-14)9-10-24-18-25-16-4-2-1-3-15(16)17(26-18)23-11-12-27/h1-8,27H,9-12H2,(H2,23,24,25,26). The zero-order chi connectivity index (χ0) is 19.3. The maximum absolute atomic E-state index is 12.6. The number of aliphatic hydroxyl groups excluding tert-OH is 1. The van der Waals surface area contributed by atoms with E-state index in [1.807, 2.05) is 24.3 Å². The van der Waals surface area contributed by atoms with Crippen LogP contribution in [0, 0.1) is 0 Å². The minimum Gasteiger partial charge on any atom is -0.395 e. The molecule has 0 atom stereocenters. The van der Waals surface area contributed by atoms with E-state index in [1.54, 1.807) is 0 Å². The molecule has 0 aliphatic rings. The van der Waals surface area contributed by atoms with Crippen LogP contribution in [0.2, 0.25) is 0 Å². The van der Waals surface area contributed by atoms with E-state index < -0.39 is 11.7 Å². The van der Waals surface area contributed by atoms with Gasteiger partial charge in [-0.3, -0.25) is 0 Å². The third-order valence-corrected chi connectivity index (χ3v) is 3.99. The lowest BCUT2D eigenvalue weighted by Gasteiger charge is -2.11. The molecule has 1 heterocycles. The molecule has 0 unspecified atom stereocenters. The van der Waals surface area contributed by atoms with Crippen molar-refractivity contribution >= 4 is 22.7 Å². The minimum absolute atomic E-state index is 0.0188. The zero-order valence-corrected chi connectivity index (χ0v) is 14.4. The van der Waals surface area contributed by atoms with Crippen LogP contribution in [0.5, 0.6) is 0 Å². The molecule has 0 fully saturated rings. The Morgan fingerprint density at radius 1 is 0.889 bits per heavy atom. The lowest BCUT2D eigenvalue weighted by atomic mass is 10.1. The van der Waals surface area contributed by atoms with Crippen LogP contribution in [0.4, 0.5) is 24.9 Å². The number of aromatic nitrogens is 2. The van der Waals surface area contributed by atoms with Crippen LogP contribution in [0.3, 0.4) is 0 Å². The number of fused-ring (bicyclic) bond motifs is 1. The molecule has 2 aromatic carbocycles. The van der Waals surface area contributed by atoms with E-state index in [2.05, 4.69) is 20.6 Å².